The molecule has 0 aromatic heterocycles. The van der Waals surface area contributed by atoms with Gasteiger partial charge in [-0.05, 0) is 3.46 Å². The van der Waals surface area contributed by atoms with Crippen LogP contribution in [0.1, 0.15) is 0 Å². The zero-order chi connectivity index (χ0) is 3.58. The second-order valence-corrected chi connectivity index (χ2v) is 1.72. The molecule has 0 saturated heterocycles. The molecule has 1 nitrogen and oxygen atoms in total. The number of rotatable bonds is 0. The average molecular weight is 160 g/mol. The van der Waals surface area contributed by atoms with Crippen molar-refractivity contribution in [3.8, 4) is 0 Å². The van der Waals surface area contributed by atoms with E-state index in [-0.39, 0.29) is 51.4 Å². The molecule has 0 saturated carbocycles. The average Bonchev–Trinajstić information content (AvgIpc) is 0.811. The van der Waals surface area contributed by atoms with E-state index in [0.29, 0.717) is 3.46 Å². The van der Waals surface area contributed by atoms with Gasteiger partial charge in [0.1, 0.15) is 0 Å². The Morgan fingerprint density at radius 1 is 1.00 bits per heavy atom. The summed E-state index contributed by atoms with van der Waals surface area (Å²) < 4.78 is 0.417. The predicted molar refractivity (Wildman–Crippen MR) is 26.5 cm³/mol. The predicted octanol–water partition coefficient (Wildman–Crippen LogP) is 1.10. The van der Waals surface area contributed by atoms with Gasteiger partial charge in [-0.25, -0.2) is 0 Å². The summed E-state index contributed by atoms with van der Waals surface area (Å²) in [5.41, 5.74) is 0. The van der Waals surface area contributed by atoms with Gasteiger partial charge in [0.15, 0.2) is 0 Å². The molecule has 0 aliphatic heterocycles. The Bertz CT molecular complexity index is 11.6. The van der Waals surface area contributed by atoms with Crippen molar-refractivity contribution >= 4 is 86.7 Å². The van der Waals surface area contributed by atoms with Gasteiger partial charge in [0.2, 0.25) is 0 Å². The van der Waals surface area contributed by atoms with E-state index in [1.54, 1.807) is 0 Å². The van der Waals surface area contributed by atoms with Crippen molar-refractivity contribution < 1.29 is 0 Å². The van der Waals surface area contributed by atoms with Crippen LogP contribution in [0.4, 0.5) is 0 Å². The first kappa shape index (κ1) is 10.4. The topological polar surface area (TPSA) is 3.24 Å². The maximum atomic E-state index is 4.64. The van der Waals surface area contributed by atoms with Gasteiger partial charge in [0, 0.05) is 35.3 Å². The van der Waals surface area contributed by atoms with E-state index < -0.39 is 0 Å². The van der Waals surface area contributed by atoms with Crippen LogP contribution < -0.4 is 0 Å². The summed E-state index contributed by atoms with van der Waals surface area (Å²) in [7, 11) is 0. The number of hydrogen-bond acceptors (Lipinski definition) is 1. The van der Waals surface area contributed by atoms with Crippen LogP contribution in [0.5, 0.6) is 0 Å². The monoisotopic (exact) mass is 159 g/mol. The Labute approximate surface area is 88.3 Å². The number of nitrogens with zero attached hydrogens (tertiary/aromatic N) is 1. The van der Waals surface area contributed by atoms with Crippen LogP contribution in [0, 0.1) is 0 Å². The molecular formula is HCl3KN. The van der Waals surface area contributed by atoms with E-state index in [9.17, 15) is 0 Å². The maximum absolute atomic E-state index is 4.64. The van der Waals surface area contributed by atoms with Gasteiger partial charge in [-0.2, -0.15) is 0 Å². The van der Waals surface area contributed by atoms with Crippen LogP contribution in [0.3, 0.4) is 0 Å². The third-order valence-corrected chi connectivity index (χ3v) is 0. The zero-order valence-electron chi connectivity index (χ0n) is 1.58. The van der Waals surface area contributed by atoms with Crippen molar-refractivity contribution in [3.63, 3.8) is 0 Å². The van der Waals surface area contributed by atoms with Crippen molar-refractivity contribution in [3.05, 3.63) is 0 Å². The molecule has 0 aliphatic rings. The minimum absolute atomic E-state index is 0. The molecule has 0 N–H and O–H groups in total. The molecule has 0 unspecified atom stereocenters. The van der Waals surface area contributed by atoms with Gasteiger partial charge in [0.05, 0.1) is 0 Å². The molecule has 0 bridgehead atoms. The normalized spacial score (nSPS) is 7.20. The summed E-state index contributed by atoms with van der Waals surface area (Å²) in [6, 6.07) is 0. The second kappa shape index (κ2) is 6.47. The fourth-order valence-corrected chi connectivity index (χ4v) is 0. The van der Waals surface area contributed by atoms with Crippen LogP contribution in [0.15, 0.2) is 0 Å². The van der Waals surface area contributed by atoms with Crippen molar-refractivity contribution in [1.29, 1.82) is 0 Å². The molecule has 0 aromatic rings. The van der Waals surface area contributed by atoms with Gasteiger partial charge in [-0.1, -0.05) is 0 Å². The molecule has 0 atom stereocenters. The van der Waals surface area contributed by atoms with Crippen LogP contribution in [0.25, 0.3) is 0 Å². The van der Waals surface area contributed by atoms with Crippen molar-refractivity contribution in [2.24, 2.45) is 0 Å². The van der Waals surface area contributed by atoms with E-state index in [1.807, 2.05) is 0 Å². The Hall–Kier alpha value is 2.47. The second-order valence-electron chi connectivity index (χ2n) is 0.192. The first-order valence-corrected chi connectivity index (χ1v) is 1.52. The van der Waals surface area contributed by atoms with E-state index in [1.165, 1.54) is 0 Å². The first-order valence-electron chi connectivity index (χ1n) is 0.507. The van der Waals surface area contributed by atoms with Gasteiger partial charge in [0.25, 0.3) is 0 Å². The summed E-state index contributed by atoms with van der Waals surface area (Å²) in [5.74, 6) is 0. The van der Waals surface area contributed by atoms with Gasteiger partial charge in [-0.15, -0.1) is 0 Å². The Morgan fingerprint density at radius 2 is 1.00 bits per heavy atom. The van der Waals surface area contributed by atoms with Gasteiger partial charge in [-0.3, -0.25) is 0 Å². The molecule has 0 fully saturated rings. The third kappa shape index (κ3) is 21.2. The third-order valence-electron chi connectivity index (χ3n) is 0. The Kier molecular flexibility index (Phi) is 13.5. The van der Waals surface area contributed by atoms with Crippen molar-refractivity contribution in [2.75, 3.05) is 0 Å². The fourth-order valence-electron chi connectivity index (χ4n) is 0. The Balaban J connectivity index is 0. The zero-order valence-corrected chi connectivity index (χ0v) is 3.85. The molecule has 0 radical (unpaired) electrons. The standard InChI is InChI=1S/Cl3N.K.H/c1-4(2)3;;. The SMILES string of the molecule is ClN(Cl)Cl.[KH]. The fraction of sp³-hybridized carbons (Fsp3) is 0. The van der Waals surface area contributed by atoms with E-state index in [4.69, 9.17) is 0 Å². The molecule has 28 valence electrons. The van der Waals surface area contributed by atoms with Crippen LogP contribution in [-0.4, -0.2) is 54.8 Å². The number of halogens is 3. The van der Waals surface area contributed by atoms with Gasteiger partial charge < -0.3 is 0 Å². The van der Waals surface area contributed by atoms with Crippen LogP contribution in [0.2, 0.25) is 0 Å². The quantitative estimate of drug-likeness (QED) is 0.379. The van der Waals surface area contributed by atoms with Crippen molar-refractivity contribution in [1.82, 2.24) is 3.46 Å². The minimum atomic E-state index is 0. The summed E-state index contributed by atoms with van der Waals surface area (Å²) >= 11 is 13.9. The molecule has 5 heavy (non-hydrogen) atoms. The van der Waals surface area contributed by atoms with E-state index in [2.05, 4.69) is 35.3 Å². The van der Waals surface area contributed by atoms with Gasteiger partial charge >= 0.3 is 51.4 Å². The summed E-state index contributed by atoms with van der Waals surface area (Å²) in [4.78, 5) is 0. The Morgan fingerprint density at radius 3 is 1.00 bits per heavy atom. The molecule has 0 aliphatic carbocycles. The van der Waals surface area contributed by atoms with E-state index in [0.717, 1.165) is 0 Å². The van der Waals surface area contributed by atoms with Crippen molar-refractivity contribution in [2.45, 2.75) is 0 Å². The molecular weight excluding hydrogens is 159 g/mol. The summed E-state index contributed by atoms with van der Waals surface area (Å²) in [6.45, 7) is 0. The summed E-state index contributed by atoms with van der Waals surface area (Å²) in [5, 5.41) is 0. The molecule has 0 aromatic carbocycles. The molecule has 0 rings (SSSR count). The summed E-state index contributed by atoms with van der Waals surface area (Å²) in [6.07, 6.45) is 0. The molecule has 0 amide bonds. The molecule has 0 spiro atoms. The van der Waals surface area contributed by atoms with Crippen LogP contribution >= 0.6 is 35.3 Å². The van der Waals surface area contributed by atoms with E-state index >= 15 is 0 Å². The first-order chi connectivity index (χ1) is 1.73. The molecule has 5 heteroatoms. The molecule has 0 heterocycles. The van der Waals surface area contributed by atoms with Crippen LogP contribution in [-0.2, 0) is 0 Å². The number of hydrogen-bond donors (Lipinski definition) is 0.